The third-order valence-corrected chi connectivity index (χ3v) is 5.86. The van der Waals surface area contributed by atoms with Gasteiger partial charge in [0.1, 0.15) is 5.82 Å². The van der Waals surface area contributed by atoms with Crippen molar-refractivity contribution in [3.8, 4) is 0 Å². The van der Waals surface area contributed by atoms with E-state index in [1.54, 1.807) is 0 Å². The van der Waals surface area contributed by atoms with Gasteiger partial charge < -0.3 is 4.74 Å². The predicted molar refractivity (Wildman–Crippen MR) is 68.3 cm³/mol. The molecule has 100 valence electrons. The summed E-state index contributed by atoms with van der Waals surface area (Å²) in [5.41, 5.74) is 0. The van der Waals surface area contributed by atoms with Crippen LogP contribution in [0, 0.1) is 5.82 Å². The van der Waals surface area contributed by atoms with Gasteiger partial charge in [0.15, 0.2) is 0 Å². The molecule has 1 saturated heterocycles. The zero-order chi connectivity index (χ0) is 13.3. The van der Waals surface area contributed by atoms with Crippen molar-refractivity contribution in [2.75, 3.05) is 20.3 Å². The van der Waals surface area contributed by atoms with Crippen molar-refractivity contribution < 1.29 is 17.5 Å². The van der Waals surface area contributed by atoms with Gasteiger partial charge in [0.05, 0.1) is 17.5 Å². The molecule has 1 aromatic rings. The molecule has 1 unspecified atom stereocenters. The van der Waals surface area contributed by atoms with Crippen LogP contribution in [0.15, 0.2) is 27.6 Å². The number of benzene rings is 1. The fourth-order valence-corrected chi connectivity index (χ4v) is 4.22. The standard InChI is InChI=1S/C11H13BrFNO3S/c1-14(9-4-5-17-7-9)18(15,16)11-3-2-8(13)6-10(11)12/h2-3,6,9H,4-5,7H2,1H3. The van der Waals surface area contributed by atoms with Crippen LogP contribution in [0.25, 0.3) is 0 Å². The molecule has 2 rings (SSSR count). The third kappa shape index (κ3) is 2.59. The highest BCUT2D eigenvalue weighted by molar-refractivity contribution is 9.10. The second-order valence-corrected chi connectivity index (χ2v) is 6.93. The monoisotopic (exact) mass is 337 g/mol. The summed E-state index contributed by atoms with van der Waals surface area (Å²) in [5, 5.41) is 0. The number of likely N-dealkylation sites (N-methyl/N-ethyl adjacent to an activating group) is 1. The molecule has 0 spiro atoms. The fraction of sp³-hybridized carbons (Fsp3) is 0.455. The first kappa shape index (κ1) is 13.9. The van der Waals surface area contributed by atoms with Gasteiger partial charge >= 0.3 is 0 Å². The maximum atomic E-state index is 13.0. The van der Waals surface area contributed by atoms with E-state index >= 15 is 0 Å². The summed E-state index contributed by atoms with van der Waals surface area (Å²) in [6.45, 7) is 0.962. The molecule has 1 aliphatic rings. The smallest absolute Gasteiger partial charge is 0.244 e. The zero-order valence-corrected chi connectivity index (χ0v) is 12.2. The highest BCUT2D eigenvalue weighted by Crippen LogP contribution is 2.27. The molecule has 0 amide bonds. The number of sulfonamides is 1. The van der Waals surface area contributed by atoms with E-state index in [-0.39, 0.29) is 15.4 Å². The van der Waals surface area contributed by atoms with E-state index in [1.807, 2.05) is 0 Å². The molecule has 1 heterocycles. The summed E-state index contributed by atoms with van der Waals surface area (Å²) in [6.07, 6.45) is 0.675. The molecule has 0 bridgehead atoms. The van der Waals surface area contributed by atoms with Crippen molar-refractivity contribution in [3.63, 3.8) is 0 Å². The Morgan fingerprint density at radius 1 is 1.50 bits per heavy atom. The number of nitrogens with zero attached hydrogens (tertiary/aromatic N) is 1. The van der Waals surface area contributed by atoms with Crippen LogP contribution in [0.4, 0.5) is 4.39 Å². The van der Waals surface area contributed by atoms with Crippen LogP contribution in [0.5, 0.6) is 0 Å². The van der Waals surface area contributed by atoms with Gasteiger partial charge in [-0.05, 0) is 40.5 Å². The van der Waals surface area contributed by atoms with E-state index < -0.39 is 15.8 Å². The van der Waals surface area contributed by atoms with Crippen molar-refractivity contribution in [1.29, 1.82) is 0 Å². The fourth-order valence-electron chi connectivity index (χ4n) is 1.84. The topological polar surface area (TPSA) is 46.6 Å². The Balaban J connectivity index is 2.35. The van der Waals surface area contributed by atoms with E-state index in [9.17, 15) is 12.8 Å². The number of hydrogen-bond donors (Lipinski definition) is 0. The molecular formula is C11H13BrFNO3S. The number of hydrogen-bond acceptors (Lipinski definition) is 3. The molecular weight excluding hydrogens is 325 g/mol. The largest absolute Gasteiger partial charge is 0.380 e. The van der Waals surface area contributed by atoms with Gasteiger partial charge in [0, 0.05) is 18.1 Å². The van der Waals surface area contributed by atoms with Crippen LogP contribution in [0.3, 0.4) is 0 Å². The molecule has 0 aromatic heterocycles. The minimum absolute atomic E-state index is 0.0679. The Morgan fingerprint density at radius 3 is 2.78 bits per heavy atom. The lowest BCUT2D eigenvalue weighted by atomic mass is 10.3. The predicted octanol–water partition coefficient (Wildman–Crippen LogP) is 2.00. The van der Waals surface area contributed by atoms with E-state index in [2.05, 4.69) is 15.9 Å². The number of halogens is 2. The second-order valence-electron chi connectivity index (χ2n) is 4.11. The zero-order valence-electron chi connectivity index (χ0n) is 9.77. The Kier molecular flexibility index (Phi) is 4.05. The SMILES string of the molecule is CN(C1CCOC1)S(=O)(=O)c1ccc(F)cc1Br. The van der Waals surface area contributed by atoms with E-state index in [0.29, 0.717) is 19.6 Å². The van der Waals surface area contributed by atoms with Gasteiger partial charge in [0.2, 0.25) is 10.0 Å². The van der Waals surface area contributed by atoms with Crippen molar-refractivity contribution in [1.82, 2.24) is 4.31 Å². The Bertz CT molecular complexity index is 543. The molecule has 1 atom stereocenters. The van der Waals surface area contributed by atoms with Gasteiger partial charge in [-0.3, -0.25) is 0 Å². The molecule has 18 heavy (non-hydrogen) atoms. The van der Waals surface area contributed by atoms with Crippen LogP contribution in [-0.2, 0) is 14.8 Å². The van der Waals surface area contributed by atoms with E-state index in [4.69, 9.17) is 4.74 Å². The maximum Gasteiger partial charge on any atom is 0.244 e. The highest BCUT2D eigenvalue weighted by Gasteiger charge is 2.31. The molecule has 0 radical (unpaired) electrons. The summed E-state index contributed by atoms with van der Waals surface area (Å²) < 4.78 is 44.4. The van der Waals surface area contributed by atoms with Gasteiger partial charge in [0.25, 0.3) is 0 Å². The molecule has 1 fully saturated rings. The van der Waals surface area contributed by atoms with Crippen LogP contribution in [-0.4, -0.2) is 39.0 Å². The van der Waals surface area contributed by atoms with Gasteiger partial charge in [-0.1, -0.05) is 0 Å². The van der Waals surface area contributed by atoms with Crippen molar-refractivity contribution in [3.05, 3.63) is 28.5 Å². The Hall–Kier alpha value is -0.500. The lowest BCUT2D eigenvalue weighted by Crippen LogP contribution is -2.37. The summed E-state index contributed by atoms with van der Waals surface area (Å²) in [4.78, 5) is 0.0679. The molecule has 0 saturated carbocycles. The van der Waals surface area contributed by atoms with Crippen LogP contribution < -0.4 is 0 Å². The van der Waals surface area contributed by atoms with Crippen molar-refractivity contribution >= 4 is 26.0 Å². The second kappa shape index (κ2) is 5.24. The quantitative estimate of drug-likeness (QED) is 0.847. The van der Waals surface area contributed by atoms with Gasteiger partial charge in [-0.2, -0.15) is 4.31 Å². The summed E-state index contributed by atoms with van der Waals surface area (Å²) in [7, 11) is -2.11. The summed E-state index contributed by atoms with van der Waals surface area (Å²) >= 11 is 3.08. The maximum absolute atomic E-state index is 13.0. The van der Waals surface area contributed by atoms with E-state index in [0.717, 1.165) is 12.1 Å². The lowest BCUT2D eigenvalue weighted by molar-refractivity contribution is 0.181. The summed E-state index contributed by atoms with van der Waals surface area (Å²) in [6, 6.07) is 3.38. The highest BCUT2D eigenvalue weighted by atomic mass is 79.9. The van der Waals surface area contributed by atoms with E-state index in [1.165, 1.54) is 17.4 Å². The normalized spacial score (nSPS) is 20.6. The molecule has 4 nitrogen and oxygen atoms in total. The Morgan fingerprint density at radius 2 is 2.22 bits per heavy atom. The first-order valence-corrected chi connectivity index (χ1v) is 7.67. The van der Waals surface area contributed by atoms with Gasteiger partial charge in [-0.15, -0.1) is 0 Å². The average molecular weight is 338 g/mol. The number of rotatable bonds is 3. The van der Waals surface area contributed by atoms with Crippen LogP contribution in [0.1, 0.15) is 6.42 Å². The van der Waals surface area contributed by atoms with Gasteiger partial charge in [-0.25, -0.2) is 12.8 Å². The Labute approximate surface area is 114 Å². The molecule has 0 aliphatic carbocycles. The van der Waals surface area contributed by atoms with Crippen molar-refractivity contribution in [2.45, 2.75) is 17.4 Å². The minimum atomic E-state index is -3.63. The first-order chi connectivity index (χ1) is 8.43. The lowest BCUT2D eigenvalue weighted by Gasteiger charge is -2.23. The molecule has 1 aromatic carbocycles. The summed E-state index contributed by atoms with van der Waals surface area (Å²) in [5.74, 6) is -0.479. The molecule has 1 aliphatic heterocycles. The van der Waals surface area contributed by atoms with Crippen molar-refractivity contribution in [2.24, 2.45) is 0 Å². The third-order valence-electron chi connectivity index (χ3n) is 2.97. The van der Waals surface area contributed by atoms with Crippen LogP contribution in [0.2, 0.25) is 0 Å². The minimum Gasteiger partial charge on any atom is -0.380 e. The number of ether oxygens (including phenoxy) is 1. The first-order valence-electron chi connectivity index (χ1n) is 5.44. The average Bonchev–Trinajstić information content (AvgIpc) is 2.80. The molecule has 0 N–H and O–H groups in total. The molecule has 7 heteroatoms. The van der Waals surface area contributed by atoms with Crippen LogP contribution >= 0.6 is 15.9 Å².